The first-order valence-corrected chi connectivity index (χ1v) is 11.7. The third kappa shape index (κ3) is 5.74. The Morgan fingerprint density at radius 2 is 1.03 bits per heavy atom. The van der Waals surface area contributed by atoms with E-state index in [1.54, 1.807) is 18.5 Å². The lowest BCUT2D eigenvalue weighted by atomic mass is 10.1. The average Bonchev–Trinajstić information content (AvgIpc) is 2.90. The van der Waals surface area contributed by atoms with Gasteiger partial charge in [-0.1, -0.05) is 103 Å². The van der Waals surface area contributed by atoms with E-state index in [1.807, 2.05) is 12.1 Å². The topological polar surface area (TPSA) is 47.9 Å². The summed E-state index contributed by atoms with van der Waals surface area (Å²) in [7, 11) is -0.909. The smallest absolute Gasteiger partial charge is 0.252 e. The Kier molecular flexibility index (Phi) is 7.50. The molecule has 0 saturated carbocycles. The molecule has 0 spiro atoms. The highest BCUT2D eigenvalue weighted by molar-refractivity contribution is 6.50. The second-order valence-corrected chi connectivity index (χ2v) is 8.32. The molecule has 5 rings (SSSR count). The van der Waals surface area contributed by atoms with Crippen molar-refractivity contribution in [3.05, 3.63) is 128 Å². The Bertz CT molecular complexity index is 1110. The van der Waals surface area contributed by atoms with Crippen molar-refractivity contribution >= 4 is 14.9 Å². The predicted octanol–water partition coefficient (Wildman–Crippen LogP) is 4.68. The van der Waals surface area contributed by atoms with Crippen LogP contribution in [0.5, 0.6) is 5.75 Å². The fourth-order valence-corrected chi connectivity index (χ4v) is 4.63. The van der Waals surface area contributed by atoms with E-state index in [1.165, 1.54) is 21.9 Å². The summed E-state index contributed by atoms with van der Waals surface area (Å²) < 4.78 is 6.38. The molecule has 5 aromatic rings. The lowest BCUT2D eigenvalue weighted by molar-refractivity contribution is 0.607. The van der Waals surface area contributed by atoms with Crippen LogP contribution in [0.25, 0.3) is 22.3 Å². The summed E-state index contributed by atoms with van der Waals surface area (Å²) >= 11 is 0. The highest BCUT2D eigenvalue weighted by Gasteiger charge is 2.09. The number of hydrogen-bond acceptors (Lipinski definition) is 4. The molecule has 5 heteroatoms. The minimum atomic E-state index is -0.909. The van der Waals surface area contributed by atoms with Crippen molar-refractivity contribution < 1.29 is 4.43 Å². The van der Waals surface area contributed by atoms with E-state index in [0.29, 0.717) is 0 Å². The molecule has 4 nitrogen and oxygen atoms in total. The van der Waals surface area contributed by atoms with Gasteiger partial charge in [-0.3, -0.25) is 0 Å². The maximum absolute atomic E-state index is 6.38. The van der Waals surface area contributed by atoms with Gasteiger partial charge in [0.2, 0.25) is 0 Å². The molecule has 0 fully saturated rings. The van der Waals surface area contributed by atoms with Crippen LogP contribution in [0.4, 0.5) is 0 Å². The Morgan fingerprint density at radius 3 is 1.62 bits per heavy atom. The molecule has 0 aliphatic rings. The number of nitrogens with zero attached hydrogens (tertiary/aromatic N) is 3. The number of hydrogen-bond donors (Lipinski definition) is 0. The van der Waals surface area contributed by atoms with Gasteiger partial charge in [0.05, 0.1) is 12.4 Å². The normalized spacial score (nSPS) is 10.4. The van der Waals surface area contributed by atoms with Gasteiger partial charge in [0.25, 0.3) is 9.76 Å². The Morgan fingerprint density at radius 1 is 0.500 bits per heavy atom. The van der Waals surface area contributed by atoms with Crippen molar-refractivity contribution in [1.29, 1.82) is 0 Å². The quantitative estimate of drug-likeness (QED) is 0.378. The average molecular weight is 434 g/mol. The Balaban J connectivity index is 0.000000354. The molecule has 4 aromatic carbocycles. The van der Waals surface area contributed by atoms with Crippen LogP contribution in [0.2, 0.25) is 0 Å². The minimum Gasteiger partial charge on any atom is -0.544 e. The first kappa shape index (κ1) is 21.2. The van der Waals surface area contributed by atoms with Crippen molar-refractivity contribution in [2.24, 2.45) is 0 Å². The maximum atomic E-state index is 6.38. The molecule has 1 heterocycles. The van der Waals surface area contributed by atoms with Gasteiger partial charge < -0.3 is 4.43 Å². The molecule has 0 radical (unpaired) electrons. The maximum Gasteiger partial charge on any atom is 0.252 e. The van der Waals surface area contributed by atoms with Gasteiger partial charge in [-0.15, -0.1) is 10.2 Å². The van der Waals surface area contributed by atoms with Crippen LogP contribution in [0.3, 0.4) is 0 Å². The van der Waals surface area contributed by atoms with Crippen LogP contribution in [-0.2, 0) is 0 Å². The zero-order chi connectivity index (χ0) is 21.8. The van der Waals surface area contributed by atoms with E-state index in [-0.39, 0.29) is 0 Å². The fraction of sp³-hybridized carbons (Fsp3) is 0. The largest absolute Gasteiger partial charge is 0.544 e. The molecular formula is C27H23N3OSi. The zero-order valence-electron chi connectivity index (χ0n) is 17.6. The summed E-state index contributed by atoms with van der Waals surface area (Å²) in [5.41, 5.74) is 4.86. The molecule has 0 aliphatic heterocycles. The van der Waals surface area contributed by atoms with Crippen molar-refractivity contribution in [1.82, 2.24) is 15.4 Å². The van der Waals surface area contributed by atoms with E-state index < -0.39 is 9.76 Å². The highest BCUT2D eigenvalue weighted by Crippen LogP contribution is 2.29. The number of aromatic nitrogens is 3. The second-order valence-electron chi connectivity index (χ2n) is 6.99. The van der Waals surface area contributed by atoms with Crippen molar-refractivity contribution in [3.63, 3.8) is 0 Å². The molecule has 0 N–H and O–H groups in total. The molecule has 0 unspecified atom stereocenters. The number of benzene rings is 4. The third-order valence-corrected chi connectivity index (χ3v) is 6.25. The van der Waals surface area contributed by atoms with E-state index in [4.69, 9.17) is 4.43 Å². The van der Waals surface area contributed by atoms with Gasteiger partial charge in [-0.05, 0) is 39.2 Å². The van der Waals surface area contributed by atoms with E-state index in [2.05, 4.69) is 112 Å². The van der Waals surface area contributed by atoms with Crippen LogP contribution < -0.4 is 9.61 Å². The lowest BCUT2D eigenvalue weighted by Gasteiger charge is -2.14. The first-order valence-electron chi connectivity index (χ1n) is 10.4. The van der Waals surface area contributed by atoms with E-state index in [9.17, 15) is 0 Å². The van der Waals surface area contributed by atoms with Crippen molar-refractivity contribution in [2.45, 2.75) is 0 Å². The van der Waals surface area contributed by atoms with Gasteiger partial charge in [-0.25, -0.2) is 0 Å². The Hall–Kier alpha value is -4.09. The van der Waals surface area contributed by atoms with Crippen LogP contribution in [0.1, 0.15) is 0 Å². The standard InChI is InChI=1S/C24H20OSi.C3H3N3/c1-3-11-19(12-4-1)21-15-7-9-17-23(21)25-26-24-18-10-8-16-22(24)20-13-5-2-6-14-20;1-2-4-6-5-3-1/h1-18H,26H2;1-3H. The molecular weight excluding hydrogens is 410 g/mol. The molecule has 0 bridgehead atoms. The summed E-state index contributed by atoms with van der Waals surface area (Å²) in [6.45, 7) is 0. The summed E-state index contributed by atoms with van der Waals surface area (Å²) in [6, 6.07) is 39.5. The second kappa shape index (κ2) is 11.3. The monoisotopic (exact) mass is 433 g/mol. The van der Waals surface area contributed by atoms with Crippen molar-refractivity contribution in [3.8, 4) is 28.0 Å². The Labute approximate surface area is 190 Å². The van der Waals surface area contributed by atoms with Gasteiger partial charge in [0.15, 0.2) is 0 Å². The highest BCUT2D eigenvalue weighted by atomic mass is 28.2. The number of para-hydroxylation sites is 1. The van der Waals surface area contributed by atoms with Gasteiger partial charge >= 0.3 is 0 Å². The SMILES string of the molecule is c1ccc(-c2ccccc2O[SiH2]c2ccccc2-c2ccccc2)cc1.c1cnnnc1. The fourth-order valence-electron chi connectivity index (χ4n) is 3.35. The molecule has 0 atom stereocenters. The molecule has 0 amide bonds. The summed E-state index contributed by atoms with van der Waals surface area (Å²) in [4.78, 5) is 0. The molecule has 1 aromatic heterocycles. The van der Waals surface area contributed by atoms with E-state index in [0.717, 1.165) is 11.3 Å². The molecule has 32 heavy (non-hydrogen) atoms. The predicted molar refractivity (Wildman–Crippen MR) is 132 cm³/mol. The van der Waals surface area contributed by atoms with Crippen LogP contribution >= 0.6 is 0 Å². The number of rotatable bonds is 5. The first-order chi connectivity index (χ1) is 15.9. The minimum absolute atomic E-state index is 0.909. The van der Waals surface area contributed by atoms with Crippen LogP contribution in [-0.4, -0.2) is 25.2 Å². The van der Waals surface area contributed by atoms with Gasteiger partial charge in [0.1, 0.15) is 5.75 Å². The summed E-state index contributed by atoms with van der Waals surface area (Å²) in [6.07, 6.45) is 3.15. The molecule has 0 saturated heterocycles. The molecule has 156 valence electrons. The molecule has 0 aliphatic carbocycles. The summed E-state index contributed by atoms with van der Waals surface area (Å²) in [5, 5.41) is 11.5. The van der Waals surface area contributed by atoms with Crippen LogP contribution in [0.15, 0.2) is 128 Å². The van der Waals surface area contributed by atoms with Crippen LogP contribution in [0, 0.1) is 0 Å². The van der Waals surface area contributed by atoms with Gasteiger partial charge in [-0.2, -0.15) is 0 Å². The zero-order valence-corrected chi connectivity index (χ0v) is 19.0. The third-order valence-electron chi connectivity index (χ3n) is 4.87. The van der Waals surface area contributed by atoms with Crippen molar-refractivity contribution in [2.75, 3.05) is 0 Å². The van der Waals surface area contributed by atoms with E-state index >= 15 is 0 Å². The van der Waals surface area contributed by atoms with Gasteiger partial charge in [0, 0.05) is 5.56 Å². The summed E-state index contributed by atoms with van der Waals surface area (Å²) in [5.74, 6) is 0.966. The lowest BCUT2D eigenvalue weighted by Crippen LogP contribution is -2.22.